The van der Waals surface area contributed by atoms with Gasteiger partial charge in [-0.1, -0.05) is 146 Å². The number of aromatic nitrogens is 7. The highest BCUT2D eigenvalue weighted by atomic mass is 16.5. The average molecular weight is 710 g/mol. The van der Waals surface area contributed by atoms with Crippen LogP contribution in [0.4, 0.5) is 0 Å². The third-order valence-electron chi connectivity index (χ3n) is 10.0. The molecule has 3 aromatic heterocycles. The van der Waals surface area contributed by atoms with Gasteiger partial charge in [0.25, 0.3) is 0 Å². The molecule has 3 heterocycles. The van der Waals surface area contributed by atoms with Crippen molar-refractivity contribution in [3.8, 4) is 22.5 Å². The number of nitrogens with zero attached hydrogens (tertiary/aromatic N) is 7. The third-order valence-corrected chi connectivity index (χ3v) is 10.0. The maximum atomic E-state index is 12.8. The molecule has 0 aliphatic rings. The van der Waals surface area contributed by atoms with Gasteiger partial charge in [-0.3, -0.25) is 0 Å². The maximum absolute atomic E-state index is 12.8. The molecule has 8 aromatic rings. The van der Waals surface area contributed by atoms with Gasteiger partial charge in [0.2, 0.25) is 0 Å². The molecule has 8 rings (SSSR count). The zero-order valence-corrected chi connectivity index (χ0v) is 30.4. The molecule has 266 valence electrons. The lowest BCUT2D eigenvalue weighted by molar-refractivity contribution is 0.0596. The second-order valence-corrected chi connectivity index (χ2v) is 13.3. The zero-order chi connectivity index (χ0) is 37.1. The molecular weight excluding hydrogens is 671 g/mol. The van der Waals surface area contributed by atoms with Crippen molar-refractivity contribution in [2.75, 3.05) is 7.11 Å². The molecule has 9 heteroatoms. The molecule has 0 fully saturated rings. The smallest absolute Gasteiger partial charge is 0.358 e. The number of rotatable bonds is 11. The largest absolute Gasteiger partial charge is 0.464 e. The van der Waals surface area contributed by atoms with Crippen LogP contribution in [0.3, 0.4) is 0 Å². The number of carbonyl (C=O) groups excluding carboxylic acids is 1. The Morgan fingerprint density at radius 3 is 1.89 bits per heavy atom. The predicted molar refractivity (Wildman–Crippen MR) is 210 cm³/mol. The van der Waals surface area contributed by atoms with E-state index in [2.05, 4.69) is 131 Å². The van der Waals surface area contributed by atoms with Crippen LogP contribution in [0.25, 0.3) is 33.5 Å². The minimum absolute atomic E-state index is 0.272. The molecule has 0 saturated carbocycles. The van der Waals surface area contributed by atoms with Crippen LogP contribution in [0.5, 0.6) is 0 Å². The third kappa shape index (κ3) is 5.93. The first-order chi connectivity index (χ1) is 26.5. The summed E-state index contributed by atoms with van der Waals surface area (Å²) < 4.78 is 9.19. The molecule has 54 heavy (non-hydrogen) atoms. The van der Waals surface area contributed by atoms with E-state index in [0.717, 1.165) is 68.7 Å². The molecule has 0 atom stereocenters. The maximum Gasteiger partial charge on any atom is 0.358 e. The Morgan fingerprint density at radius 1 is 0.741 bits per heavy atom. The van der Waals surface area contributed by atoms with E-state index in [4.69, 9.17) is 20.0 Å². The number of hydrogen-bond donors (Lipinski definition) is 0. The lowest BCUT2D eigenvalue weighted by Crippen LogP contribution is -2.39. The molecule has 5 aromatic carbocycles. The van der Waals surface area contributed by atoms with Crippen LogP contribution in [0.1, 0.15) is 57.5 Å². The van der Waals surface area contributed by atoms with Crippen molar-refractivity contribution in [3.63, 3.8) is 0 Å². The number of esters is 1. The number of tetrazole rings is 1. The van der Waals surface area contributed by atoms with Crippen molar-refractivity contribution in [3.05, 3.63) is 185 Å². The van der Waals surface area contributed by atoms with Crippen molar-refractivity contribution in [1.82, 2.24) is 34.7 Å². The van der Waals surface area contributed by atoms with Crippen molar-refractivity contribution >= 4 is 17.0 Å². The van der Waals surface area contributed by atoms with Crippen LogP contribution in [0.2, 0.25) is 0 Å². The van der Waals surface area contributed by atoms with Crippen molar-refractivity contribution < 1.29 is 9.53 Å². The Kier molecular flexibility index (Phi) is 9.36. The molecule has 9 nitrogen and oxygen atoms in total. The first-order valence-corrected chi connectivity index (χ1v) is 18.1. The Hall–Kier alpha value is -6.74. The van der Waals surface area contributed by atoms with Gasteiger partial charge >= 0.3 is 5.97 Å². The van der Waals surface area contributed by atoms with Gasteiger partial charge in [0.15, 0.2) is 11.5 Å². The Balaban J connectivity index is 1.24. The number of hydrogen-bond acceptors (Lipinski definition) is 7. The summed E-state index contributed by atoms with van der Waals surface area (Å²) in [5.41, 5.74) is 8.87. The highest BCUT2D eigenvalue weighted by Gasteiger charge is 2.42. The fourth-order valence-electron chi connectivity index (χ4n) is 7.52. The van der Waals surface area contributed by atoms with E-state index in [0.29, 0.717) is 17.9 Å². The second kappa shape index (κ2) is 14.7. The van der Waals surface area contributed by atoms with Crippen LogP contribution in [-0.4, -0.2) is 47.8 Å². The number of carbonyl (C=O) groups is 1. The van der Waals surface area contributed by atoms with E-state index >= 15 is 0 Å². The fraction of sp³-hybridized carbons (Fsp3) is 0.156. The molecule has 0 radical (unpaired) electrons. The van der Waals surface area contributed by atoms with Crippen LogP contribution < -0.4 is 0 Å². The molecule has 0 bridgehead atoms. The molecule has 0 amide bonds. The number of benzene rings is 5. The topological polar surface area (TPSA) is 101 Å². The molecule has 0 unspecified atom stereocenters. The lowest BCUT2D eigenvalue weighted by atomic mass is 9.77. The number of ether oxygens (including phenoxy) is 1. The second-order valence-electron chi connectivity index (χ2n) is 13.3. The summed E-state index contributed by atoms with van der Waals surface area (Å²) in [5.74, 6) is 1.07. The minimum Gasteiger partial charge on any atom is -0.464 e. The van der Waals surface area contributed by atoms with E-state index in [1.807, 2.05) is 41.9 Å². The summed E-state index contributed by atoms with van der Waals surface area (Å²) in [6.07, 6.45) is 3.37. The highest BCUT2D eigenvalue weighted by Crippen LogP contribution is 2.43. The molecule has 0 N–H and O–H groups in total. The van der Waals surface area contributed by atoms with Gasteiger partial charge in [0, 0.05) is 24.7 Å². The Labute approximate surface area is 313 Å². The molecule has 0 saturated heterocycles. The quantitative estimate of drug-likeness (QED) is 0.0979. The first kappa shape index (κ1) is 34.4. The monoisotopic (exact) mass is 709 g/mol. The Morgan fingerprint density at radius 2 is 1.31 bits per heavy atom. The summed E-state index contributed by atoms with van der Waals surface area (Å²) in [6, 6.07) is 48.0. The van der Waals surface area contributed by atoms with Crippen molar-refractivity contribution in [2.24, 2.45) is 0 Å². The molecule has 0 spiro atoms. The lowest BCUT2D eigenvalue weighted by Gasteiger charge is -2.36. The molecular formula is C45H39N7O2. The molecule has 0 aliphatic heterocycles. The number of imidazole rings is 1. The standard InChI is InChI=1S/C45H39N7O2/c1-4-16-39-47-40-31(2)29-46-41(44(53)54-3)42(40)51(39)30-32-25-27-33(28-26-32)37-23-14-15-24-38(37)43-48-49-50-52(43)45(34-17-8-5-9-18-34,35-19-10-6-11-20-35)36-21-12-7-13-22-36/h5-15,17-29H,4,16,30H2,1-3H3. The Bertz CT molecular complexity index is 2450. The SMILES string of the molecule is CCCc1nc2c(C)cnc(C(=O)OC)c2n1Cc1ccc(-c2ccccc2-c2nnnn2C(c2ccccc2)(c2ccccc2)c2ccccc2)cc1. The van der Waals surface area contributed by atoms with Gasteiger partial charge in [-0.05, 0) is 62.7 Å². The summed E-state index contributed by atoms with van der Waals surface area (Å²) in [4.78, 5) is 22.3. The number of aryl methyl sites for hydroxylation is 2. The summed E-state index contributed by atoms with van der Waals surface area (Å²) in [7, 11) is 1.38. The number of methoxy groups -OCH3 is 1. The van der Waals surface area contributed by atoms with Crippen LogP contribution in [0, 0.1) is 6.92 Å². The zero-order valence-electron chi connectivity index (χ0n) is 30.4. The summed E-state index contributed by atoms with van der Waals surface area (Å²) in [5, 5.41) is 13.8. The molecule has 0 aliphatic carbocycles. The van der Waals surface area contributed by atoms with Gasteiger partial charge in [-0.2, -0.15) is 0 Å². The summed E-state index contributed by atoms with van der Waals surface area (Å²) >= 11 is 0. The fourth-order valence-corrected chi connectivity index (χ4v) is 7.52. The minimum atomic E-state index is -0.875. The van der Waals surface area contributed by atoms with Crippen molar-refractivity contribution in [2.45, 2.75) is 38.8 Å². The average Bonchev–Trinajstić information content (AvgIpc) is 3.86. The van der Waals surface area contributed by atoms with E-state index < -0.39 is 11.5 Å². The van der Waals surface area contributed by atoms with Gasteiger partial charge in [-0.15, -0.1) is 5.10 Å². The van der Waals surface area contributed by atoms with E-state index in [-0.39, 0.29) is 5.69 Å². The van der Waals surface area contributed by atoms with E-state index in [1.54, 1.807) is 6.20 Å². The predicted octanol–water partition coefficient (Wildman–Crippen LogP) is 8.69. The van der Waals surface area contributed by atoms with Gasteiger partial charge in [0.05, 0.1) is 12.6 Å². The van der Waals surface area contributed by atoms with Gasteiger partial charge < -0.3 is 9.30 Å². The van der Waals surface area contributed by atoms with Crippen LogP contribution in [-0.2, 0) is 23.2 Å². The number of fused-ring (bicyclic) bond motifs is 1. The highest BCUT2D eigenvalue weighted by molar-refractivity contribution is 6.01. The van der Waals surface area contributed by atoms with Crippen molar-refractivity contribution in [1.29, 1.82) is 0 Å². The van der Waals surface area contributed by atoms with Gasteiger partial charge in [0.1, 0.15) is 16.9 Å². The van der Waals surface area contributed by atoms with Gasteiger partial charge in [-0.25, -0.2) is 19.4 Å². The number of pyridine rings is 1. The first-order valence-electron chi connectivity index (χ1n) is 18.1. The summed E-state index contributed by atoms with van der Waals surface area (Å²) in [6.45, 7) is 4.62. The normalized spacial score (nSPS) is 11.5. The van der Waals surface area contributed by atoms with E-state index in [1.165, 1.54) is 7.11 Å². The van der Waals surface area contributed by atoms with E-state index in [9.17, 15) is 4.79 Å². The van der Waals surface area contributed by atoms with Crippen LogP contribution >= 0.6 is 0 Å². The van der Waals surface area contributed by atoms with Crippen LogP contribution in [0.15, 0.2) is 146 Å².